The molecule has 0 amide bonds. The Hall–Kier alpha value is -0.930. The summed E-state index contributed by atoms with van der Waals surface area (Å²) in [6, 6.07) is 10.4. The summed E-state index contributed by atoms with van der Waals surface area (Å²) in [6.45, 7) is 1.66. The Morgan fingerprint density at radius 2 is 2.00 bits per heavy atom. The fraction of sp³-hybridized carbons (Fsp3) is 0.571. The zero-order valence-corrected chi connectivity index (χ0v) is 9.93. The van der Waals surface area contributed by atoms with Crippen molar-refractivity contribution in [2.45, 2.75) is 37.6 Å². The van der Waals surface area contributed by atoms with E-state index in [1.165, 1.54) is 5.56 Å². The molecule has 2 N–H and O–H groups in total. The number of halogens is 1. The van der Waals surface area contributed by atoms with Gasteiger partial charge in [-0.1, -0.05) is 30.3 Å². The minimum Gasteiger partial charge on any atom is -0.326 e. The number of nitrogens with zero attached hydrogens (tertiary/aromatic N) is 1. The third-order valence-electron chi connectivity index (χ3n) is 4.27. The quantitative estimate of drug-likeness (QED) is 0.847. The van der Waals surface area contributed by atoms with Crippen LogP contribution in [0, 0.1) is 5.92 Å². The first kappa shape index (κ1) is 11.2. The summed E-state index contributed by atoms with van der Waals surface area (Å²) in [5.74, 6) is 0.104. The van der Waals surface area contributed by atoms with Crippen LogP contribution in [0.4, 0.5) is 4.39 Å². The molecule has 3 heteroatoms. The molecule has 1 aromatic carbocycles. The summed E-state index contributed by atoms with van der Waals surface area (Å²) >= 11 is 0. The highest BCUT2D eigenvalue weighted by Crippen LogP contribution is 2.38. The zero-order valence-electron chi connectivity index (χ0n) is 9.93. The van der Waals surface area contributed by atoms with Gasteiger partial charge in [-0.2, -0.15) is 0 Å². The maximum Gasteiger partial charge on any atom is 0.120 e. The minimum absolute atomic E-state index is 0.00691. The molecule has 4 atom stereocenters. The van der Waals surface area contributed by atoms with Crippen LogP contribution in [0.25, 0.3) is 0 Å². The van der Waals surface area contributed by atoms with Crippen molar-refractivity contribution in [2.24, 2.45) is 11.7 Å². The second kappa shape index (κ2) is 4.39. The zero-order chi connectivity index (χ0) is 11.8. The number of hydrogen-bond donors (Lipinski definition) is 1. The fourth-order valence-electron chi connectivity index (χ4n) is 3.34. The maximum absolute atomic E-state index is 14.1. The average Bonchev–Trinajstić information content (AvgIpc) is 2.62. The van der Waals surface area contributed by atoms with Gasteiger partial charge in [0.25, 0.3) is 0 Å². The molecule has 1 aliphatic heterocycles. The van der Waals surface area contributed by atoms with Crippen LogP contribution >= 0.6 is 0 Å². The molecule has 1 aromatic rings. The van der Waals surface area contributed by atoms with Crippen molar-refractivity contribution >= 4 is 0 Å². The van der Waals surface area contributed by atoms with E-state index in [-0.39, 0.29) is 18.0 Å². The van der Waals surface area contributed by atoms with E-state index in [1.807, 2.05) is 18.2 Å². The summed E-state index contributed by atoms with van der Waals surface area (Å²) < 4.78 is 14.1. The lowest BCUT2D eigenvalue weighted by Gasteiger charge is -2.39. The van der Waals surface area contributed by atoms with Crippen LogP contribution in [0.15, 0.2) is 30.3 Å². The van der Waals surface area contributed by atoms with Crippen molar-refractivity contribution < 1.29 is 4.39 Å². The van der Waals surface area contributed by atoms with Gasteiger partial charge in [0.05, 0.1) is 0 Å². The van der Waals surface area contributed by atoms with Crippen LogP contribution in [0.3, 0.4) is 0 Å². The number of alkyl halides is 1. The van der Waals surface area contributed by atoms with E-state index in [2.05, 4.69) is 17.0 Å². The van der Waals surface area contributed by atoms with Crippen molar-refractivity contribution in [1.29, 1.82) is 0 Å². The Bertz CT molecular complexity index is 381. The number of fused-ring (bicyclic) bond motifs is 2. The largest absolute Gasteiger partial charge is 0.326 e. The first-order valence-corrected chi connectivity index (χ1v) is 6.43. The molecule has 2 bridgehead atoms. The minimum atomic E-state index is -0.720. The van der Waals surface area contributed by atoms with E-state index in [0.717, 1.165) is 25.9 Å². The molecule has 2 fully saturated rings. The van der Waals surface area contributed by atoms with E-state index < -0.39 is 6.17 Å². The number of piperidine rings is 1. The molecule has 92 valence electrons. The summed E-state index contributed by atoms with van der Waals surface area (Å²) in [6.07, 6.45) is 1.20. The highest BCUT2D eigenvalue weighted by Gasteiger charge is 2.47. The number of hydrogen-bond acceptors (Lipinski definition) is 2. The normalized spacial score (nSPS) is 37.3. The topological polar surface area (TPSA) is 29.3 Å². The Kier molecular flexibility index (Phi) is 2.89. The van der Waals surface area contributed by atoms with Crippen LogP contribution in [0.1, 0.15) is 18.4 Å². The smallest absolute Gasteiger partial charge is 0.120 e. The molecule has 0 radical (unpaired) electrons. The monoisotopic (exact) mass is 234 g/mol. The van der Waals surface area contributed by atoms with Crippen LogP contribution in [0.2, 0.25) is 0 Å². The third-order valence-corrected chi connectivity index (χ3v) is 4.27. The van der Waals surface area contributed by atoms with Crippen molar-refractivity contribution in [3.05, 3.63) is 35.9 Å². The fourth-order valence-corrected chi connectivity index (χ4v) is 3.34. The van der Waals surface area contributed by atoms with Gasteiger partial charge in [0.15, 0.2) is 0 Å². The first-order chi connectivity index (χ1) is 8.25. The van der Waals surface area contributed by atoms with Gasteiger partial charge in [-0.3, -0.25) is 4.90 Å². The predicted molar refractivity (Wildman–Crippen MR) is 66.2 cm³/mol. The molecular weight excluding hydrogens is 215 g/mol. The maximum atomic E-state index is 14.1. The SMILES string of the molecule is N[C@H]1CN(Cc2ccccc2)[C@H]2CC[C@@H]1[C@@H]2F. The van der Waals surface area contributed by atoms with Crippen LogP contribution < -0.4 is 5.73 Å². The van der Waals surface area contributed by atoms with Crippen molar-refractivity contribution in [1.82, 2.24) is 4.90 Å². The van der Waals surface area contributed by atoms with Gasteiger partial charge in [-0.25, -0.2) is 4.39 Å². The Morgan fingerprint density at radius 1 is 1.24 bits per heavy atom. The Balaban J connectivity index is 1.75. The number of nitrogens with two attached hydrogens (primary N) is 1. The van der Waals surface area contributed by atoms with Crippen molar-refractivity contribution in [2.75, 3.05) is 6.54 Å². The van der Waals surface area contributed by atoms with Crippen LogP contribution in [0.5, 0.6) is 0 Å². The summed E-state index contributed by atoms with van der Waals surface area (Å²) in [5, 5.41) is 0. The van der Waals surface area contributed by atoms with Gasteiger partial charge in [-0.15, -0.1) is 0 Å². The summed E-state index contributed by atoms with van der Waals surface area (Å²) in [5.41, 5.74) is 7.32. The lowest BCUT2D eigenvalue weighted by atomic mass is 9.92. The standard InChI is InChI=1S/C14H19FN2/c15-14-11-6-7-13(14)17(9-12(11)16)8-10-4-2-1-3-5-10/h1-5,11-14H,6-9,16H2/t11-,12-,13-,14-/m0/s1. The molecule has 2 nitrogen and oxygen atoms in total. The highest BCUT2D eigenvalue weighted by atomic mass is 19.1. The van der Waals surface area contributed by atoms with Gasteiger partial charge in [0.2, 0.25) is 0 Å². The number of likely N-dealkylation sites (tertiary alicyclic amines) is 1. The highest BCUT2D eigenvalue weighted by molar-refractivity contribution is 5.15. The molecule has 1 saturated carbocycles. The second-order valence-corrected chi connectivity index (χ2v) is 5.33. The van der Waals surface area contributed by atoms with Crippen LogP contribution in [-0.2, 0) is 6.54 Å². The predicted octanol–water partition coefficient (Wildman–Crippen LogP) is 1.95. The Labute approximate surface area is 102 Å². The van der Waals surface area contributed by atoms with Gasteiger partial charge in [0.1, 0.15) is 6.17 Å². The molecule has 2 aliphatic rings. The lowest BCUT2D eigenvalue weighted by molar-refractivity contribution is 0.0470. The van der Waals surface area contributed by atoms with Gasteiger partial charge in [-0.05, 0) is 18.4 Å². The van der Waals surface area contributed by atoms with E-state index in [4.69, 9.17) is 5.73 Å². The van der Waals surface area contributed by atoms with Crippen LogP contribution in [-0.4, -0.2) is 29.7 Å². The molecule has 0 unspecified atom stereocenters. The molecule has 0 aromatic heterocycles. The molecule has 3 rings (SSSR count). The molecule has 17 heavy (non-hydrogen) atoms. The van der Waals surface area contributed by atoms with E-state index in [1.54, 1.807) is 0 Å². The molecule has 0 spiro atoms. The van der Waals surface area contributed by atoms with Gasteiger partial charge in [0, 0.05) is 31.1 Å². The number of benzene rings is 1. The summed E-state index contributed by atoms with van der Waals surface area (Å²) in [4.78, 5) is 2.23. The lowest BCUT2D eigenvalue weighted by Crippen LogP contribution is -2.54. The molecule has 1 aliphatic carbocycles. The van der Waals surface area contributed by atoms with Crippen molar-refractivity contribution in [3.63, 3.8) is 0 Å². The van der Waals surface area contributed by atoms with E-state index in [9.17, 15) is 4.39 Å². The third kappa shape index (κ3) is 1.98. The second-order valence-electron chi connectivity index (χ2n) is 5.33. The molecule has 1 heterocycles. The summed E-state index contributed by atoms with van der Waals surface area (Å²) in [7, 11) is 0. The van der Waals surface area contributed by atoms with Gasteiger partial charge < -0.3 is 5.73 Å². The van der Waals surface area contributed by atoms with E-state index >= 15 is 0 Å². The number of rotatable bonds is 2. The Morgan fingerprint density at radius 3 is 2.76 bits per heavy atom. The first-order valence-electron chi connectivity index (χ1n) is 6.43. The molecule has 1 saturated heterocycles. The average molecular weight is 234 g/mol. The molecular formula is C14H19FN2. The van der Waals surface area contributed by atoms with Gasteiger partial charge >= 0.3 is 0 Å². The van der Waals surface area contributed by atoms with E-state index in [0.29, 0.717) is 0 Å². The van der Waals surface area contributed by atoms with Crippen molar-refractivity contribution in [3.8, 4) is 0 Å².